The highest BCUT2D eigenvalue weighted by atomic mass is 16.6. The van der Waals surface area contributed by atoms with Crippen molar-refractivity contribution < 1.29 is 34.1 Å². The van der Waals surface area contributed by atoms with Gasteiger partial charge in [0.2, 0.25) is 11.8 Å². The zero-order chi connectivity index (χ0) is 26.4. The van der Waals surface area contributed by atoms with Crippen molar-refractivity contribution in [3.05, 3.63) is 89.5 Å². The number of rotatable bonds is 6. The summed E-state index contributed by atoms with van der Waals surface area (Å²) in [6.45, 7) is 0.867. The van der Waals surface area contributed by atoms with Crippen LogP contribution in [0.1, 0.15) is 22.7 Å². The number of carboxylic acid groups (broad SMARTS) is 1. The number of aromatic hydroxyl groups is 1. The lowest BCUT2D eigenvalue weighted by Gasteiger charge is -2.31. The summed E-state index contributed by atoms with van der Waals surface area (Å²) >= 11 is 0. The normalized spacial score (nSPS) is 25.9. The number of imide groups is 1. The number of nitrogens with zero attached hydrogens (tertiary/aromatic N) is 1. The Labute approximate surface area is 218 Å². The molecule has 194 valence electrons. The third-order valence-corrected chi connectivity index (χ3v) is 7.66. The van der Waals surface area contributed by atoms with Crippen LogP contribution in [0.15, 0.2) is 72.8 Å². The molecule has 0 spiro atoms. The topological polar surface area (TPSA) is 125 Å². The van der Waals surface area contributed by atoms with Gasteiger partial charge in [-0.2, -0.15) is 0 Å². The molecule has 9 nitrogen and oxygen atoms in total. The minimum Gasteiger partial charge on any atom is -0.508 e. The number of carbonyl (C=O) groups excluding carboxylic acids is 2. The van der Waals surface area contributed by atoms with E-state index in [1.807, 2.05) is 30.3 Å². The van der Waals surface area contributed by atoms with Gasteiger partial charge in [0, 0.05) is 12.5 Å². The number of carbonyl (C=O) groups is 3. The Morgan fingerprint density at radius 3 is 2.34 bits per heavy atom. The van der Waals surface area contributed by atoms with E-state index in [0.29, 0.717) is 35.8 Å². The zero-order valence-electron chi connectivity index (χ0n) is 20.4. The summed E-state index contributed by atoms with van der Waals surface area (Å²) in [6, 6.07) is 19.9. The first-order valence-electron chi connectivity index (χ1n) is 12.4. The fourth-order valence-corrected chi connectivity index (χ4v) is 5.90. The molecule has 9 heteroatoms. The van der Waals surface area contributed by atoms with Gasteiger partial charge in [-0.3, -0.25) is 24.6 Å². The minimum atomic E-state index is -1.75. The molecule has 0 aliphatic carbocycles. The van der Waals surface area contributed by atoms with E-state index >= 15 is 0 Å². The maximum Gasteiger partial charge on any atom is 0.325 e. The predicted octanol–water partition coefficient (Wildman–Crippen LogP) is 2.68. The molecule has 3 aromatic carbocycles. The van der Waals surface area contributed by atoms with E-state index in [1.165, 1.54) is 17.0 Å². The van der Waals surface area contributed by atoms with Crippen molar-refractivity contribution in [2.75, 3.05) is 13.2 Å². The number of likely N-dealkylation sites (tertiary alicyclic amines) is 1. The Balaban J connectivity index is 1.44. The molecule has 6 rings (SSSR count). The summed E-state index contributed by atoms with van der Waals surface area (Å²) in [4.78, 5) is 42.0. The summed E-state index contributed by atoms with van der Waals surface area (Å²) in [5.41, 5.74) is 0.275. The van der Waals surface area contributed by atoms with Crippen LogP contribution >= 0.6 is 0 Å². The fraction of sp³-hybridized carbons (Fsp3) is 0.276. The summed E-state index contributed by atoms with van der Waals surface area (Å²) in [5.74, 6) is -3.08. The highest BCUT2D eigenvalue weighted by molar-refractivity contribution is 6.09. The van der Waals surface area contributed by atoms with Gasteiger partial charge >= 0.3 is 5.97 Å². The van der Waals surface area contributed by atoms with Crippen LogP contribution in [0.2, 0.25) is 0 Å². The maximum atomic E-state index is 13.9. The van der Waals surface area contributed by atoms with Crippen LogP contribution in [-0.2, 0) is 27.3 Å². The van der Waals surface area contributed by atoms with Gasteiger partial charge in [0.15, 0.2) is 11.5 Å². The molecule has 2 saturated heterocycles. The molecule has 3 aliphatic rings. The maximum absolute atomic E-state index is 13.9. The predicted molar refractivity (Wildman–Crippen MR) is 134 cm³/mol. The second-order valence-electron chi connectivity index (χ2n) is 9.90. The Morgan fingerprint density at radius 2 is 1.63 bits per heavy atom. The Bertz CT molecular complexity index is 1410. The first-order valence-corrected chi connectivity index (χ1v) is 12.4. The lowest BCUT2D eigenvalue weighted by molar-refractivity contribution is -0.151. The lowest BCUT2D eigenvalue weighted by atomic mass is 9.76. The van der Waals surface area contributed by atoms with E-state index in [2.05, 4.69) is 5.32 Å². The molecule has 2 fully saturated rings. The molecule has 3 heterocycles. The molecule has 0 bridgehead atoms. The molecule has 3 N–H and O–H groups in total. The second-order valence-corrected chi connectivity index (χ2v) is 9.90. The van der Waals surface area contributed by atoms with Gasteiger partial charge in [0.05, 0.1) is 18.4 Å². The number of hydrogen-bond donors (Lipinski definition) is 3. The number of hydrogen-bond acceptors (Lipinski definition) is 7. The van der Waals surface area contributed by atoms with E-state index in [9.17, 15) is 24.6 Å². The Hall–Kier alpha value is -4.37. The lowest BCUT2D eigenvalue weighted by Crippen LogP contribution is -2.57. The molecule has 4 unspecified atom stereocenters. The zero-order valence-corrected chi connectivity index (χ0v) is 20.4. The smallest absolute Gasteiger partial charge is 0.325 e. The number of phenols is 1. The molecule has 3 aliphatic heterocycles. The van der Waals surface area contributed by atoms with Crippen LogP contribution in [0, 0.1) is 11.8 Å². The van der Waals surface area contributed by atoms with Gasteiger partial charge in [0.1, 0.15) is 24.5 Å². The van der Waals surface area contributed by atoms with Crippen LogP contribution in [-0.4, -0.2) is 51.6 Å². The monoisotopic (exact) mass is 514 g/mol. The highest BCUT2D eigenvalue weighted by Gasteiger charge is 2.68. The van der Waals surface area contributed by atoms with Gasteiger partial charge in [0.25, 0.3) is 0 Å². The number of ether oxygens (including phenoxy) is 2. The van der Waals surface area contributed by atoms with Gasteiger partial charge in [-0.15, -0.1) is 0 Å². The van der Waals surface area contributed by atoms with Crippen molar-refractivity contribution in [3.63, 3.8) is 0 Å². The van der Waals surface area contributed by atoms with Crippen molar-refractivity contribution in [1.29, 1.82) is 0 Å². The summed E-state index contributed by atoms with van der Waals surface area (Å²) in [5, 5.41) is 23.6. The molecule has 0 aromatic heterocycles. The molecular formula is C29H26N2O7. The third kappa shape index (κ3) is 3.86. The van der Waals surface area contributed by atoms with Crippen LogP contribution in [0.3, 0.4) is 0 Å². The van der Waals surface area contributed by atoms with Gasteiger partial charge in [-0.05, 0) is 41.0 Å². The van der Waals surface area contributed by atoms with Crippen molar-refractivity contribution in [2.45, 2.75) is 24.5 Å². The second kappa shape index (κ2) is 9.18. The van der Waals surface area contributed by atoms with E-state index < -0.39 is 41.2 Å². The molecular weight excluding hydrogens is 488 g/mol. The first kappa shape index (κ1) is 24.0. The number of aliphatic carboxylic acids is 1. The van der Waals surface area contributed by atoms with E-state index in [4.69, 9.17) is 9.47 Å². The van der Waals surface area contributed by atoms with Crippen molar-refractivity contribution in [3.8, 4) is 17.2 Å². The fourth-order valence-electron chi connectivity index (χ4n) is 5.90. The summed E-state index contributed by atoms with van der Waals surface area (Å²) in [6.07, 6.45) is -0.0526. The number of amides is 2. The Kier molecular flexibility index (Phi) is 5.80. The van der Waals surface area contributed by atoms with E-state index in [1.54, 1.807) is 30.3 Å². The van der Waals surface area contributed by atoms with Gasteiger partial charge < -0.3 is 19.7 Å². The number of carboxylic acids is 1. The average Bonchev–Trinajstić information content (AvgIpc) is 3.40. The highest BCUT2D eigenvalue weighted by Crippen LogP contribution is 2.51. The SMILES string of the molecule is O=C1C2C(c3ccc4c(c3)OCCO4)NC(Cc3ccc(O)cc3)(C(=O)O)C2C(=O)N1Cc1ccccc1. The van der Waals surface area contributed by atoms with Crippen LogP contribution in [0.25, 0.3) is 0 Å². The first-order chi connectivity index (χ1) is 18.4. The molecule has 0 saturated carbocycles. The standard InChI is InChI=1S/C29H26N2O7/c32-20-9-6-17(7-10-20)15-29(28(35)36)24-23(26(33)31(27(24)34)16-18-4-2-1-3-5-18)25(30-29)19-8-11-21-22(14-19)38-13-12-37-21/h1-11,14,23-25,30,32H,12-13,15-16H2,(H,35,36). The number of fused-ring (bicyclic) bond motifs is 2. The quantitative estimate of drug-likeness (QED) is 0.429. The Morgan fingerprint density at radius 1 is 0.921 bits per heavy atom. The molecule has 2 amide bonds. The van der Waals surface area contributed by atoms with Crippen LogP contribution in [0.5, 0.6) is 17.2 Å². The average molecular weight is 515 g/mol. The van der Waals surface area contributed by atoms with Crippen molar-refractivity contribution >= 4 is 17.8 Å². The van der Waals surface area contributed by atoms with Gasteiger partial charge in [-0.1, -0.05) is 48.5 Å². The third-order valence-electron chi connectivity index (χ3n) is 7.66. The molecule has 3 aromatic rings. The summed E-state index contributed by atoms with van der Waals surface area (Å²) < 4.78 is 11.4. The van der Waals surface area contributed by atoms with E-state index in [0.717, 1.165) is 5.56 Å². The van der Waals surface area contributed by atoms with Gasteiger partial charge in [-0.25, -0.2) is 0 Å². The van der Waals surface area contributed by atoms with Crippen molar-refractivity contribution in [2.24, 2.45) is 11.8 Å². The van der Waals surface area contributed by atoms with Crippen LogP contribution in [0.4, 0.5) is 0 Å². The number of benzene rings is 3. The summed E-state index contributed by atoms with van der Waals surface area (Å²) in [7, 11) is 0. The minimum absolute atomic E-state index is 0.0469. The van der Waals surface area contributed by atoms with Crippen LogP contribution < -0.4 is 14.8 Å². The van der Waals surface area contributed by atoms with Crippen molar-refractivity contribution in [1.82, 2.24) is 10.2 Å². The number of phenolic OH excluding ortho intramolecular Hbond substituents is 1. The molecule has 0 radical (unpaired) electrons. The molecule has 4 atom stereocenters. The molecule has 38 heavy (non-hydrogen) atoms. The largest absolute Gasteiger partial charge is 0.508 e. The number of nitrogens with one attached hydrogen (secondary N) is 1. The van der Waals surface area contributed by atoms with E-state index in [-0.39, 0.29) is 18.7 Å².